The molecule has 0 aromatic heterocycles. The smallest absolute Gasteiger partial charge is 0.271 e. The molecule has 2 amide bonds. The van der Waals surface area contributed by atoms with Crippen molar-refractivity contribution in [1.82, 2.24) is 4.90 Å². The van der Waals surface area contributed by atoms with Gasteiger partial charge in [0, 0.05) is 12.6 Å². The molecule has 0 fully saturated rings. The second kappa shape index (κ2) is 6.22. The average molecular weight is 352 g/mol. The van der Waals surface area contributed by atoms with Gasteiger partial charge in [-0.25, -0.2) is 0 Å². The number of carbonyl (C=O) groups excluding carboxylic acids is 2. The van der Waals surface area contributed by atoms with Crippen molar-refractivity contribution in [2.75, 3.05) is 7.05 Å². The van der Waals surface area contributed by atoms with Crippen molar-refractivity contribution in [2.24, 2.45) is 0 Å². The van der Waals surface area contributed by atoms with E-state index in [1.54, 1.807) is 6.92 Å². The first-order valence-corrected chi connectivity index (χ1v) is 8.59. The van der Waals surface area contributed by atoms with E-state index in [-0.39, 0.29) is 5.57 Å². The Balaban J connectivity index is 2.10. The van der Waals surface area contributed by atoms with E-state index in [9.17, 15) is 14.9 Å². The number of rotatable bonds is 1. The van der Waals surface area contributed by atoms with Gasteiger partial charge in [-0.15, -0.1) is 0 Å². The number of imide groups is 1. The average Bonchev–Trinajstić information content (AvgIpc) is 2.69. The summed E-state index contributed by atoms with van der Waals surface area (Å²) in [5.41, 5.74) is 1.71. The van der Waals surface area contributed by atoms with Crippen LogP contribution in [-0.4, -0.2) is 23.8 Å². The van der Waals surface area contributed by atoms with Gasteiger partial charge in [0.2, 0.25) is 0 Å². The molecule has 1 aliphatic heterocycles. The van der Waals surface area contributed by atoms with E-state index in [1.807, 2.05) is 60.7 Å². The Kier molecular flexibility index (Phi) is 3.86. The number of fused-ring (bicyclic) bond motifs is 2. The normalized spacial score (nSPS) is 16.5. The maximum atomic E-state index is 12.8. The molecule has 4 nitrogen and oxygen atoms in total. The van der Waals surface area contributed by atoms with Crippen molar-refractivity contribution < 1.29 is 9.59 Å². The van der Waals surface area contributed by atoms with Gasteiger partial charge in [0.1, 0.15) is 11.6 Å². The van der Waals surface area contributed by atoms with Crippen molar-refractivity contribution in [2.45, 2.75) is 6.92 Å². The Hall–Kier alpha value is -3.71. The Labute approximate surface area is 156 Å². The highest BCUT2D eigenvalue weighted by molar-refractivity contribution is 6.20. The van der Waals surface area contributed by atoms with Crippen LogP contribution in [0.25, 0.3) is 27.6 Å². The number of hydrogen-bond acceptors (Lipinski definition) is 3. The minimum absolute atomic E-state index is 0.00731. The zero-order valence-electron chi connectivity index (χ0n) is 15.0. The molecule has 0 bridgehead atoms. The predicted molar refractivity (Wildman–Crippen MR) is 106 cm³/mol. The summed E-state index contributed by atoms with van der Waals surface area (Å²) in [6, 6.07) is 20.0. The molecule has 0 radical (unpaired) electrons. The van der Waals surface area contributed by atoms with Crippen LogP contribution >= 0.6 is 0 Å². The molecule has 0 saturated carbocycles. The highest BCUT2D eigenvalue weighted by Gasteiger charge is 2.33. The van der Waals surface area contributed by atoms with Crippen LogP contribution in [0, 0.1) is 11.3 Å². The molecular weight excluding hydrogens is 336 g/mol. The molecule has 3 aromatic carbocycles. The molecule has 130 valence electrons. The van der Waals surface area contributed by atoms with Crippen LogP contribution in [0.4, 0.5) is 0 Å². The van der Waals surface area contributed by atoms with E-state index in [1.165, 1.54) is 7.05 Å². The van der Waals surface area contributed by atoms with Crippen LogP contribution in [0.5, 0.6) is 0 Å². The first kappa shape index (κ1) is 16.7. The van der Waals surface area contributed by atoms with E-state index in [0.29, 0.717) is 11.1 Å². The molecule has 27 heavy (non-hydrogen) atoms. The molecule has 0 spiro atoms. The lowest BCUT2D eigenvalue weighted by molar-refractivity contribution is -0.138. The summed E-state index contributed by atoms with van der Waals surface area (Å²) in [6.07, 6.45) is 1.81. The van der Waals surface area contributed by atoms with Crippen molar-refractivity contribution in [3.05, 3.63) is 76.9 Å². The van der Waals surface area contributed by atoms with Gasteiger partial charge in [-0.1, -0.05) is 48.5 Å². The summed E-state index contributed by atoms with van der Waals surface area (Å²) in [5.74, 6) is -0.951. The summed E-state index contributed by atoms with van der Waals surface area (Å²) >= 11 is 0. The Bertz CT molecular complexity index is 1190. The monoisotopic (exact) mass is 352 g/mol. The summed E-state index contributed by atoms with van der Waals surface area (Å²) < 4.78 is 0. The quantitative estimate of drug-likeness (QED) is 0.374. The van der Waals surface area contributed by atoms with Crippen LogP contribution in [0.1, 0.15) is 12.5 Å². The number of nitrogens with zero attached hydrogens (tertiary/aromatic N) is 2. The minimum Gasteiger partial charge on any atom is -0.277 e. The minimum atomic E-state index is -0.556. The Morgan fingerprint density at radius 1 is 0.926 bits per heavy atom. The third-order valence-corrected chi connectivity index (χ3v) is 5.05. The molecule has 3 aromatic rings. The van der Waals surface area contributed by atoms with Gasteiger partial charge < -0.3 is 0 Å². The number of benzene rings is 3. The van der Waals surface area contributed by atoms with Crippen LogP contribution in [0.15, 0.2) is 71.3 Å². The molecule has 0 atom stereocenters. The third kappa shape index (κ3) is 2.52. The summed E-state index contributed by atoms with van der Waals surface area (Å²) in [7, 11) is 1.41. The van der Waals surface area contributed by atoms with Crippen LogP contribution in [0.3, 0.4) is 0 Å². The predicted octanol–water partition coefficient (Wildman–Crippen LogP) is 4.22. The van der Waals surface area contributed by atoms with Gasteiger partial charge in [-0.05, 0) is 51.7 Å². The molecule has 0 saturated heterocycles. The molecular formula is C23H16N2O2. The second-order valence-electron chi connectivity index (χ2n) is 6.57. The molecule has 1 heterocycles. The van der Waals surface area contributed by atoms with E-state index < -0.39 is 11.8 Å². The fourth-order valence-corrected chi connectivity index (χ4v) is 3.55. The SMILES string of the molecule is CC1=C(C#N)C(=O)N(C)C(=O)C1=Cc1c2ccccc2cc2ccccc12. The lowest BCUT2D eigenvalue weighted by Gasteiger charge is -2.24. The van der Waals surface area contributed by atoms with Crippen molar-refractivity contribution in [3.8, 4) is 6.07 Å². The zero-order valence-corrected chi connectivity index (χ0v) is 15.0. The second-order valence-corrected chi connectivity index (χ2v) is 6.57. The Morgan fingerprint density at radius 2 is 1.48 bits per heavy atom. The van der Waals surface area contributed by atoms with Crippen molar-refractivity contribution in [3.63, 3.8) is 0 Å². The number of amides is 2. The van der Waals surface area contributed by atoms with Gasteiger partial charge in [-0.2, -0.15) is 5.26 Å². The zero-order chi connectivity index (χ0) is 19.1. The largest absolute Gasteiger partial charge is 0.277 e. The first-order valence-electron chi connectivity index (χ1n) is 8.59. The summed E-state index contributed by atoms with van der Waals surface area (Å²) in [4.78, 5) is 26.0. The standard InChI is InChI=1S/C23H16N2O2/c1-14-19(22(26)25(2)23(27)21(14)13-24)12-20-17-9-5-3-7-15(17)11-16-8-4-6-10-18(16)20/h3-12H,1-2H3. The van der Waals surface area contributed by atoms with Crippen molar-refractivity contribution in [1.29, 1.82) is 5.26 Å². The van der Waals surface area contributed by atoms with Crippen molar-refractivity contribution >= 4 is 39.4 Å². The van der Waals surface area contributed by atoms with E-state index in [0.717, 1.165) is 32.0 Å². The van der Waals surface area contributed by atoms with Crippen LogP contribution in [-0.2, 0) is 9.59 Å². The van der Waals surface area contributed by atoms with E-state index in [2.05, 4.69) is 6.07 Å². The lowest BCUT2D eigenvalue weighted by Crippen LogP contribution is -2.39. The maximum absolute atomic E-state index is 12.8. The summed E-state index contributed by atoms with van der Waals surface area (Å²) in [6.45, 7) is 1.65. The molecule has 0 N–H and O–H groups in total. The number of carbonyl (C=O) groups is 2. The van der Waals surface area contributed by atoms with Gasteiger partial charge in [0.25, 0.3) is 11.8 Å². The fourth-order valence-electron chi connectivity index (χ4n) is 3.55. The summed E-state index contributed by atoms with van der Waals surface area (Å²) in [5, 5.41) is 13.5. The van der Waals surface area contributed by atoms with Crippen LogP contribution < -0.4 is 0 Å². The van der Waals surface area contributed by atoms with Gasteiger partial charge in [0.05, 0.1) is 0 Å². The highest BCUT2D eigenvalue weighted by Crippen LogP contribution is 2.33. The van der Waals surface area contributed by atoms with Gasteiger partial charge in [-0.3, -0.25) is 14.5 Å². The molecule has 0 unspecified atom stereocenters. The van der Waals surface area contributed by atoms with E-state index >= 15 is 0 Å². The molecule has 4 rings (SSSR count). The van der Waals surface area contributed by atoms with Crippen LogP contribution in [0.2, 0.25) is 0 Å². The number of likely N-dealkylation sites (N-methyl/N-ethyl adjacent to an activating group) is 1. The molecule has 1 aliphatic rings. The maximum Gasteiger partial charge on any atom is 0.271 e. The third-order valence-electron chi connectivity index (χ3n) is 5.05. The lowest BCUT2D eigenvalue weighted by atomic mass is 9.90. The van der Waals surface area contributed by atoms with Gasteiger partial charge >= 0.3 is 0 Å². The van der Waals surface area contributed by atoms with Gasteiger partial charge in [0.15, 0.2) is 0 Å². The highest BCUT2D eigenvalue weighted by atomic mass is 16.2. The first-order chi connectivity index (χ1) is 13.0. The topological polar surface area (TPSA) is 61.2 Å². The molecule has 4 heteroatoms. The Morgan fingerprint density at radius 3 is 2.04 bits per heavy atom. The van der Waals surface area contributed by atoms with E-state index in [4.69, 9.17) is 0 Å². The number of hydrogen-bond donors (Lipinski definition) is 0. The number of nitriles is 1. The fraction of sp³-hybridized carbons (Fsp3) is 0.0870. The molecule has 0 aliphatic carbocycles.